The first-order valence-electron chi connectivity index (χ1n) is 7.15. The molecule has 2 heterocycles. The Balaban J connectivity index is 1.69. The van der Waals surface area contributed by atoms with Crippen LogP contribution in [-0.4, -0.2) is 72.9 Å². The van der Waals surface area contributed by atoms with Gasteiger partial charge in [0.25, 0.3) is 0 Å². The summed E-state index contributed by atoms with van der Waals surface area (Å²) in [6, 6.07) is 0.732. The van der Waals surface area contributed by atoms with Crippen LogP contribution in [0.3, 0.4) is 0 Å². The second-order valence-corrected chi connectivity index (χ2v) is 6.01. The lowest BCUT2D eigenvalue weighted by Gasteiger charge is -2.20. The molecule has 1 saturated heterocycles. The molecule has 3 heteroatoms. The highest BCUT2D eigenvalue weighted by Crippen LogP contribution is 2.21. The summed E-state index contributed by atoms with van der Waals surface area (Å²) in [5, 5.41) is 0. The second-order valence-electron chi connectivity index (χ2n) is 6.01. The summed E-state index contributed by atoms with van der Waals surface area (Å²) >= 11 is 0. The third kappa shape index (κ3) is 3.78. The van der Waals surface area contributed by atoms with Crippen LogP contribution in [0.25, 0.3) is 0 Å². The fourth-order valence-electron chi connectivity index (χ4n) is 2.86. The van der Waals surface area contributed by atoms with E-state index in [0.29, 0.717) is 0 Å². The van der Waals surface area contributed by atoms with Gasteiger partial charge in [-0.15, -0.1) is 0 Å². The van der Waals surface area contributed by atoms with Crippen LogP contribution in [0.15, 0.2) is 0 Å². The minimum absolute atomic E-state index is 0.732. The van der Waals surface area contributed by atoms with E-state index in [2.05, 4.69) is 41.5 Å². The monoisotopic (exact) mass is 238 g/mol. The molecule has 0 aromatic rings. The molecule has 1 fully saturated rings. The van der Waals surface area contributed by atoms with Crippen LogP contribution in [0.2, 0.25) is 0 Å². The molecule has 17 heavy (non-hydrogen) atoms. The number of nitrogens with zero attached hydrogens (tertiary/aromatic N) is 3. The molecule has 0 aromatic heterocycles. The molecule has 1 atom stereocenters. The van der Waals surface area contributed by atoms with Gasteiger partial charge in [-0.2, -0.15) is 0 Å². The van der Waals surface area contributed by atoms with Crippen molar-refractivity contribution in [2.24, 2.45) is 5.92 Å². The van der Waals surface area contributed by atoms with Gasteiger partial charge in [-0.1, -0.05) is 0 Å². The average Bonchev–Trinajstić information content (AvgIpc) is 2.77. The van der Waals surface area contributed by atoms with Crippen LogP contribution in [0.5, 0.6) is 0 Å². The third-order valence-electron chi connectivity index (χ3n) is 4.29. The fraction of sp³-hybridized carbons (Fsp3) is 0.929. The predicted octanol–water partition coefficient (Wildman–Crippen LogP) is 1.14. The summed E-state index contributed by atoms with van der Waals surface area (Å²) in [6.07, 6.45) is 5.16. The zero-order chi connectivity index (χ0) is 12.3. The van der Waals surface area contributed by atoms with Crippen LogP contribution in [0.1, 0.15) is 26.7 Å². The van der Waals surface area contributed by atoms with E-state index in [9.17, 15) is 0 Å². The molecule has 2 rings (SSSR count). The van der Waals surface area contributed by atoms with Crippen LogP contribution < -0.4 is 0 Å². The highest BCUT2D eigenvalue weighted by Gasteiger charge is 2.25. The number of likely N-dealkylation sites (N-methyl/N-ethyl adjacent to an activating group) is 1. The summed E-state index contributed by atoms with van der Waals surface area (Å²) in [6.45, 7) is 12.1. The molecular formula is C14H28N3+. The van der Waals surface area contributed by atoms with Gasteiger partial charge in [0.1, 0.15) is 6.54 Å². The van der Waals surface area contributed by atoms with E-state index in [-0.39, 0.29) is 0 Å². The summed E-state index contributed by atoms with van der Waals surface area (Å²) < 4.78 is 2.53. The quantitative estimate of drug-likeness (QED) is 0.679. The molecule has 0 spiro atoms. The van der Waals surface area contributed by atoms with E-state index >= 15 is 0 Å². The zero-order valence-corrected chi connectivity index (χ0v) is 11.7. The molecule has 1 unspecified atom stereocenters. The maximum atomic E-state index is 2.62. The smallest absolute Gasteiger partial charge is 0.155 e. The lowest BCUT2D eigenvalue weighted by atomic mass is 10.1. The van der Waals surface area contributed by atoms with E-state index in [1.165, 1.54) is 45.6 Å². The predicted molar refractivity (Wildman–Crippen MR) is 73.0 cm³/mol. The first-order chi connectivity index (χ1) is 8.15. The first-order valence-corrected chi connectivity index (χ1v) is 7.15. The van der Waals surface area contributed by atoms with Gasteiger partial charge in [0.2, 0.25) is 0 Å². The van der Waals surface area contributed by atoms with Crippen molar-refractivity contribution < 1.29 is 4.58 Å². The Kier molecular flexibility index (Phi) is 4.57. The van der Waals surface area contributed by atoms with Crippen molar-refractivity contribution in [2.75, 3.05) is 46.3 Å². The van der Waals surface area contributed by atoms with Crippen LogP contribution in [0, 0.1) is 5.92 Å². The van der Waals surface area contributed by atoms with Crippen molar-refractivity contribution in [1.82, 2.24) is 9.80 Å². The summed E-state index contributed by atoms with van der Waals surface area (Å²) in [7, 11) is 2.20. The van der Waals surface area contributed by atoms with Crippen molar-refractivity contribution >= 4 is 6.21 Å². The van der Waals surface area contributed by atoms with Crippen LogP contribution >= 0.6 is 0 Å². The van der Waals surface area contributed by atoms with Gasteiger partial charge in [-0.05, 0) is 39.8 Å². The van der Waals surface area contributed by atoms with Gasteiger partial charge in [0.15, 0.2) is 12.8 Å². The maximum absolute atomic E-state index is 2.62. The van der Waals surface area contributed by atoms with Crippen LogP contribution in [0.4, 0.5) is 0 Å². The summed E-state index contributed by atoms with van der Waals surface area (Å²) in [5.74, 6) is 0.936. The summed E-state index contributed by atoms with van der Waals surface area (Å²) in [5.41, 5.74) is 0. The lowest BCUT2D eigenvalue weighted by molar-refractivity contribution is -0.530. The number of likely N-dealkylation sites (tertiary alicyclic amines) is 1. The molecule has 2 aliphatic heterocycles. The minimum atomic E-state index is 0.732. The standard InChI is InChI=1S/C14H28N3/c1-13(2)17-7-5-14(12-17)4-6-16-10-8-15(3)9-11-16/h10,13-14H,4-9,11-12H2,1-3H3/q+1. The minimum Gasteiger partial charge on any atom is -0.301 e. The fourth-order valence-corrected chi connectivity index (χ4v) is 2.86. The normalized spacial score (nSPS) is 27.8. The Bertz CT molecular complexity index is 273. The molecule has 98 valence electrons. The SMILES string of the molecule is CC(C)N1CCC(CC[N+]2=CCN(C)CC2)C1. The molecule has 0 radical (unpaired) electrons. The molecule has 0 amide bonds. The number of hydrogen-bond acceptors (Lipinski definition) is 2. The van der Waals surface area contributed by atoms with E-state index in [0.717, 1.165) is 18.5 Å². The van der Waals surface area contributed by atoms with Gasteiger partial charge in [-0.3, -0.25) is 4.90 Å². The van der Waals surface area contributed by atoms with E-state index in [1.807, 2.05) is 0 Å². The first kappa shape index (κ1) is 13.0. The lowest BCUT2D eigenvalue weighted by Crippen LogP contribution is -2.37. The molecular weight excluding hydrogens is 210 g/mol. The van der Waals surface area contributed by atoms with Gasteiger partial charge in [0.05, 0.1) is 13.1 Å². The second kappa shape index (κ2) is 5.96. The van der Waals surface area contributed by atoms with Crippen molar-refractivity contribution in [3.8, 4) is 0 Å². The molecule has 0 N–H and O–H groups in total. The topological polar surface area (TPSA) is 9.49 Å². The zero-order valence-electron chi connectivity index (χ0n) is 11.7. The van der Waals surface area contributed by atoms with Crippen molar-refractivity contribution in [2.45, 2.75) is 32.7 Å². The summed E-state index contributed by atoms with van der Waals surface area (Å²) in [4.78, 5) is 5.00. The highest BCUT2D eigenvalue weighted by atomic mass is 15.2. The van der Waals surface area contributed by atoms with Crippen LogP contribution in [-0.2, 0) is 0 Å². The van der Waals surface area contributed by atoms with E-state index < -0.39 is 0 Å². The molecule has 0 aliphatic carbocycles. The van der Waals surface area contributed by atoms with Gasteiger partial charge < -0.3 is 4.90 Å². The van der Waals surface area contributed by atoms with Crippen molar-refractivity contribution in [1.29, 1.82) is 0 Å². The Morgan fingerprint density at radius 3 is 2.76 bits per heavy atom. The Morgan fingerprint density at radius 2 is 2.18 bits per heavy atom. The molecule has 0 saturated carbocycles. The highest BCUT2D eigenvalue weighted by molar-refractivity contribution is 5.54. The third-order valence-corrected chi connectivity index (χ3v) is 4.29. The number of rotatable bonds is 4. The number of hydrogen-bond donors (Lipinski definition) is 0. The van der Waals surface area contributed by atoms with Crippen molar-refractivity contribution in [3.05, 3.63) is 0 Å². The largest absolute Gasteiger partial charge is 0.301 e. The van der Waals surface area contributed by atoms with E-state index in [4.69, 9.17) is 0 Å². The Hall–Kier alpha value is -0.410. The van der Waals surface area contributed by atoms with Crippen molar-refractivity contribution in [3.63, 3.8) is 0 Å². The Labute approximate surface area is 106 Å². The molecule has 3 nitrogen and oxygen atoms in total. The molecule has 0 bridgehead atoms. The Morgan fingerprint density at radius 1 is 1.35 bits per heavy atom. The molecule has 0 aromatic carbocycles. The van der Waals surface area contributed by atoms with E-state index in [1.54, 1.807) is 0 Å². The molecule has 2 aliphatic rings. The van der Waals surface area contributed by atoms with Gasteiger partial charge in [0, 0.05) is 19.0 Å². The maximum Gasteiger partial charge on any atom is 0.155 e. The van der Waals surface area contributed by atoms with Gasteiger partial charge in [-0.25, -0.2) is 4.58 Å². The van der Waals surface area contributed by atoms with Gasteiger partial charge >= 0.3 is 0 Å². The average molecular weight is 238 g/mol.